The molecule has 0 bridgehead atoms. The first kappa shape index (κ1) is 14.6. The van der Waals surface area contributed by atoms with Gasteiger partial charge in [0.15, 0.2) is 6.10 Å². The summed E-state index contributed by atoms with van der Waals surface area (Å²) in [5.41, 5.74) is 0.990. The van der Waals surface area contributed by atoms with Crippen LogP contribution in [0.25, 0.3) is 0 Å². The van der Waals surface area contributed by atoms with E-state index in [1.807, 2.05) is 24.3 Å². The minimum absolute atomic E-state index is 0.123. The maximum absolute atomic E-state index is 11.5. The summed E-state index contributed by atoms with van der Waals surface area (Å²) in [6, 6.07) is 7.61. The third-order valence-corrected chi connectivity index (χ3v) is 3.91. The lowest BCUT2D eigenvalue weighted by atomic mass is 9.85. The molecule has 108 valence electrons. The van der Waals surface area contributed by atoms with Crippen molar-refractivity contribution in [1.29, 1.82) is 0 Å². The zero-order chi connectivity index (χ0) is 14.4. The number of allylic oxidation sites excluding steroid dienone is 1. The molecule has 1 aliphatic rings. The normalized spacial score (nSPS) is 17.4. The quantitative estimate of drug-likeness (QED) is 0.802. The Bertz CT molecular complexity index is 461. The molecule has 1 fully saturated rings. The first-order chi connectivity index (χ1) is 9.72. The van der Waals surface area contributed by atoms with Crippen LogP contribution in [-0.2, 0) is 11.2 Å². The topological polar surface area (TPSA) is 46.5 Å². The molecule has 0 amide bonds. The number of para-hydroxylation sites is 1. The third kappa shape index (κ3) is 3.62. The van der Waals surface area contributed by atoms with Gasteiger partial charge in [0.2, 0.25) is 0 Å². The highest BCUT2D eigenvalue weighted by molar-refractivity contribution is 5.73. The SMILES string of the molecule is C=CCc1ccccc1OC(C(=O)O)C1CCCCC1. The Labute approximate surface area is 120 Å². The second kappa shape index (κ2) is 7.13. The fraction of sp³-hybridized carbons (Fsp3) is 0.471. The van der Waals surface area contributed by atoms with Gasteiger partial charge in [-0.2, -0.15) is 0 Å². The average molecular weight is 274 g/mol. The van der Waals surface area contributed by atoms with Crippen molar-refractivity contribution in [2.45, 2.75) is 44.6 Å². The highest BCUT2D eigenvalue weighted by Crippen LogP contribution is 2.30. The van der Waals surface area contributed by atoms with Gasteiger partial charge in [-0.15, -0.1) is 6.58 Å². The molecule has 20 heavy (non-hydrogen) atoms. The van der Waals surface area contributed by atoms with E-state index in [2.05, 4.69) is 6.58 Å². The molecule has 1 saturated carbocycles. The summed E-state index contributed by atoms with van der Waals surface area (Å²) in [6.07, 6.45) is 7.06. The number of benzene rings is 1. The van der Waals surface area contributed by atoms with Gasteiger partial charge in [0.25, 0.3) is 0 Å². The van der Waals surface area contributed by atoms with E-state index >= 15 is 0 Å². The zero-order valence-electron chi connectivity index (χ0n) is 11.8. The minimum atomic E-state index is -0.856. The van der Waals surface area contributed by atoms with E-state index in [4.69, 9.17) is 4.74 Å². The third-order valence-electron chi connectivity index (χ3n) is 3.91. The van der Waals surface area contributed by atoms with Crippen molar-refractivity contribution in [1.82, 2.24) is 0 Å². The summed E-state index contributed by atoms with van der Waals surface area (Å²) in [6.45, 7) is 3.73. The number of hydrogen-bond donors (Lipinski definition) is 1. The molecule has 1 aromatic rings. The van der Waals surface area contributed by atoms with E-state index in [1.54, 1.807) is 6.08 Å². The molecular weight excluding hydrogens is 252 g/mol. The van der Waals surface area contributed by atoms with Crippen LogP contribution in [0.15, 0.2) is 36.9 Å². The van der Waals surface area contributed by atoms with Crippen LogP contribution in [0.4, 0.5) is 0 Å². The number of hydrogen-bond acceptors (Lipinski definition) is 2. The number of carbonyl (C=O) groups is 1. The minimum Gasteiger partial charge on any atom is -0.478 e. The van der Waals surface area contributed by atoms with Crippen LogP contribution in [0.2, 0.25) is 0 Å². The number of aliphatic carboxylic acids is 1. The van der Waals surface area contributed by atoms with Gasteiger partial charge in [0.05, 0.1) is 0 Å². The van der Waals surface area contributed by atoms with Gasteiger partial charge in [-0.3, -0.25) is 0 Å². The molecule has 2 rings (SSSR count). The second-order valence-electron chi connectivity index (χ2n) is 5.38. The van der Waals surface area contributed by atoms with Crippen LogP contribution in [0.5, 0.6) is 5.75 Å². The Balaban J connectivity index is 2.15. The van der Waals surface area contributed by atoms with Crippen molar-refractivity contribution in [3.8, 4) is 5.75 Å². The smallest absolute Gasteiger partial charge is 0.345 e. The van der Waals surface area contributed by atoms with E-state index in [1.165, 1.54) is 6.42 Å². The van der Waals surface area contributed by atoms with Crippen molar-refractivity contribution < 1.29 is 14.6 Å². The van der Waals surface area contributed by atoms with Crippen LogP contribution in [0.3, 0.4) is 0 Å². The lowest BCUT2D eigenvalue weighted by molar-refractivity contribution is -0.148. The van der Waals surface area contributed by atoms with Crippen LogP contribution in [0.1, 0.15) is 37.7 Å². The molecule has 0 spiro atoms. The Morgan fingerprint density at radius 3 is 2.70 bits per heavy atom. The number of carboxylic acids is 1. The van der Waals surface area contributed by atoms with Crippen molar-refractivity contribution in [3.63, 3.8) is 0 Å². The van der Waals surface area contributed by atoms with E-state index in [9.17, 15) is 9.90 Å². The Morgan fingerprint density at radius 2 is 2.05 bits per heavy atom. The van der Waals surface area contributed by atoms with Gasteiger partial charge in [0.1, 0.15) is 5.75 Å². The molecule has 1 aromatic carbocycles. The standard InChI is InChI=1S/C17H22O3/c1-2-8-13-9-6-7-12-15(13)20-16(17(18)19)14-10-4-3-5-11-14/h2,6-7,9,12,14,16H,1,3-5,8,10-11H2,(H,18,19). The average Bonchev–Trinajstić information content (AvgIpc) is 2.47. The molecule has 0 aromatic heterocycles. The maximum Gasteiger partial charge on any atom is 0.345 e. The van der Waals surface area contributed by atoms with Gasteiger partial charge in [-0.1, -0.05) is 43.5 Å². The molecule has 0 saturated heterocycles. The first-order valence-electron chi connectivity index (χ1n) is 7.30. The van der Waals surface area contributed by atoms with Crippen molar-refractivity contribution in [2.75, 3.05) is 0 Å². The molecular formula is C17H22O3. The zero-order valence-corrected chi connectivity index (χ0v) is 11.8. The summed E-state index contributed by atoms with van der Waals surface area (Å²) >= 11 is 0. The van der Waals surface area contributed by atoms with Gasteiger partial charge in [-0.05, 0) is 30.9 Å². The van der Waals surface area contributed by atoms with Crippen LogP contribution in [-0.4, -0.2) is 17.2 Å². The van der Waals surface area contributed by atoms with Gasteiger partial charge < -0.3 is 9.84 Å². The van der Waals surface area contributed by atoms with Crippen molar-refractivity contribution >= 4 is 5.97 Å². The Morgan fingerprint density at radius 1 is 1.35 bits per heavy atom. The lowest BCUT2D eigenvalue weighted by Crippen LogP contribution is -2.36. The fourth-order valence-electron chi connectivity index (χ4n) is 2.86. The van der Waals surface area contributed by atoms with Gasteiger partial charge >= 0.3 is 5.97 Å². The predicted molar refractivity (Wildman–Crippen MR) is 79.0 cm³/mol. The molecule has 0 radical (unpaired) electrons. The highest BCUT2D eigenvalue weighted by atomic mass is 16.5. The number of rotatable bonds is 6. The van der Waals surface area contributed by atoms with E-state index < -0.39 is 12.1 Å². The molecule has 1 unspecified atom stereocenters. The van der Waals surface area contributed by atoms with Crippen LogP contribution >= 0.6 is 0 Å². The van der Waals surface area contributed by atoms with Crippen LogP contribution < -0.4 is 4.74 Å². The monoisotopic (exact) mass is 274 g/mol. The molecule has 1 aliphatic carbocycles. The van der Waals surface area contributed by atoms with Crippen molar-refractivity contribution in [3.05, 3.63) is 42.5 Å². The van der Waals surface area contributed by atoms with E-state index in [0.29, 0.717) is 12.2 Å². The molecule has 0 heterocycles. The second-order valence-corrected chi connectivity index (χ2v) is 5.38. The molecule has 1 atom stereocenters. The lowest BCUT2D eigenvalue weighted by Gasteiger charge is -2.28. The first-order valence-corrected chi connectivity index (χ1v) is 7.30. The van der Waals surface area contributed by atoms with Crippen LogP contribution in [0, 0.1) is 5.92 Å². The summed E-state index contributed by atoms with van der Waals surface area (Å²) < 4.78 is 5.85. The van der Waals surface area contributed by atoms with Gasteiger partial charge in [-0.25, -0.2) is 4.79 Å². The Kier molecular flexibility index (Phi) is 5.22. The molecule has 1 N–H and O–H groups in total. The molecule has 0 aliphatic heterocycles. The summed E-state index contributed by atoms with van der Waals surface area (Å²) in [5, 5.41) is 9.46. The number of ether oxygens (including phenoxy) is 1. The molecule has 3 nitrogen and oxygen atoms in total. The van der Waals surface area contributed by atoms with E-state index in [-0.39, 0.29) is 5.92 Å². The van der Waals surface area contributed by atoms with Crippen molar-refractivity contribution in [2.24, 2.45) is 5.92 Å². The molecule has 3 heteroatoms. The summed E-state index contributed by atoms with van der Waals surface area (Å²) in [4.78, 5) is 11.5. The number of carboxylic acid groups (broad SMARTS) is 1. The highest BCUT2D eigenvalue weighted by Gasteiger charge is 2.31. The Hall–Kier alpha value is -1.77. The maximum atomic E-state index is 11.5. The van der Waals surface area contributed by atoms with Gasteiger partial charge in [0, 0.05) is 5.92 Å². The van der Waals surface area contributed by atoms with E-state index in [0.717, 1.165) is 31.2 Å². The predicted octanol–water partition coefficient (Wildman–Crippen LogP) is 3.83. The summed E-state index contributed by atoms with van der Waals surface area (Å²) in [5.74, 6) is -0.0614. The summed E-state index contributed by atoms with van der Waals surface area (Å²) in [7, 11) is 0. The largest absolute Gasteiger partial charge is 0.478 e. The fourth-order valence-corrected chi connectivity index (χ4v) is 2.86.